The summed E-state index contributed by atoms with van der Waals surface area (Å²) in [6, 6.07) is 10.5. The predicted octanol–water partition coefficient (Wildman–Crippen LogP) is 3.11. The minimum Gasteiger partial charge on any atom is -0.478 e. The van der Waals surface area contributed by atoms with Crippen LogP contribution in [0.25, 0.3) is 0 Å². The lowest BCUT2D eigenvalue weighted by Crippen LogP contribution is -2.19. The molecule has 0 saturated heterocycles. The molecule has 18 heavy (non-hydrogen) atoms. The summed E-state index contributed by atoms with van der Waals surface area (Å²) >= 11 is 0. The zero-order chi connectivity index (χ0) is 13.0. The fourth-order valence-corrected chi connectivity index (χ4v) is 1.72. The van der Waals surface area contributed by atoms with Crippen molar-refractivity contribution in [3.8, 4) is 5.88 Å². The van der Waals surface area contributed by atoms with Gasteiger partial charge in [-0.1, -0.05) is 30.3 Å². The molecule has 1 heterocycles. The molecular weight excluding hydrogens is 231 g/mol. The van der Waals surface area contributed by atoms with Crippen molar-refractivity contribution >= 4 is 0 Å². The summed E-state index contributed by atoms with van der Waals surface area (Å²) < 4.78 is 20.1. The van der Waals surface area contributed by atoms with E-state index in [0.29, 0.717) is 23.7 Å². The van der Waals surface area contributed by atoms with Gasteiger partial charge in [-0.05, 0) is 19.4 Å². The van der Waals surface area contributed by atoms with E-state index in [2.05, 4.69) is 9.97 Å². The number of hydrogen-bond acceptors (Lipinski definition) is 3. The molecule has 0 N–H and O–H groups in total. The first-order valence-corrected chi connectivity index (χ1v) is 5.84. The molecule has 94 valence electrons. The third-order valence-electron chi connectivity index (χ3n) is 2.73. The smallest absolute Gasteiger partial charge is 0.216 e. The van der Waals surface area contributed by atoms with Crippen LogP contribution in [0.15, 0.2) is 42.7 Å². The Labute approximate surface area is 106 Å². The highest BCUT2D eigenvalue weighted by atomic mass is 19.1. The molecule has 0 saturated carbocycles. The standard InChI is InChI=1S/C14H15FN2O/c1-3-18-13-9-12(16-10-17-13)14(2,15)11-7-5-4-6-8-11/h4-10H,3H2,1-2H3. The summed E-state index contributed by atoms with van der Waals surface area (Å²) in [6.45, 7) is 3.83. The van der Waals surface area contributed by atoms with Crippen molar-refractivity contribution in [3.05, 3.63) is 54.0 Å². The van der Waals surface area contributed by atoms with E-state index in [0.717, 1.165) is 0 Å². The first-order valence-electron chi connectivity index (χ1n) is 5.84. The van der Waals surface area contributed by atoms with E-state index >= 15 is 0 Å². The van der Waals surface area contributed by atoms with Crippen LogP contribution in [0.5, 0.6) is 5.88 Å². The number of halogens is 1. The summed E-state index contributed by atoms with van der Waals surface area (Å²) in [7, 11) is 0. The molecule has 0 aliphatic heterocycles. The van der Waals surface area contributed by atoms with Gasteiger partial charge in [0, 0.05) is 6.07 Å². The maximum atomic E-state index is 14.8. The molecule has 1 atom stereocenters. The average molecular weight is 246 g/mol. The number of aromatic nitrogens is 2. The maximum absolute atomic E-state index is 14.8. The first kappa shape index (κ1) is 12.5. The number of hydrogen-bond donors (Lipinski definition) is 0. The van der Waals surface area contributed by atoms with E-state index in [-0.39, 0.29) is 0 Å². The molecule has 0 radical (unpaired) electrons. The fraction of sp³-hybridized carbons (Fsp3) is 0.286. The third kappa shape index (κ3) is 2.47. The Morgan fingerprint density at radius 1 is 1.22 bits per heavy atom. The van der Waals surface area contributed by atoms with E-state index < -0.39 is 5.67 Å². The second kappa shape index (κ2) is 5.12. The van der Waals surface area contributed by atoms with E-state index in [1.807, 2.05) is 13.0 Å². The van der Waals surface area contributed by atoms with Gasteiger partial charge >= 0.3 is 0 Å². The number of alkyl halides is 1. The molecule has 4 heteroatoms. The van der Waals surface area contributed by atoms with Crippen LogP contribution >= 0.6 is 0 Å². The maximum Gasteiger partial charge on any atom is 0.216 e. The van der Waals surface area contributed by atoms with Gasteiger partial charge in [-0.25, -0.2) is 14.4 Å². The lowest BCUT2D eigenvalue weighted by molar-refractivity contribution is 0.240. The molecule has 0 bridgehead atoms. The van der Waals surface area contributed by atoms with E-state index in [4.69, 9.17) is 4.74 Å². The second-order valence-electron chi connectivity index (χ2n) is 4.04. The summed E-state index contributed by atoms with van der Waals surface area (Å²) in [4.78, 5) is 7.94. The number of nitrogens with zero attached hydrogens (tertiary/aromatic N) is 2. The van der Waals surface area contributed by atoms with Gasteiger partial charge in [-0.2, -0.15) is 0 Å². The molecule has 1 unspecified atom stereocenters. The van der Waals surface area contributed by atoms with Crippen LogP contribution in [0.3, 0.4) is 0 Å². The van der Waals surface area contributed by atoms with Crippen molar-refractivity contribution in [2.75, 3.05) is 6.61 Å². The van der Waals surface area contributed by atoms with Gasteiger partial charge < -0.3 is 4.74 Å². The lowest BCUT2D eigenvalue weighted by atomic mass is 9.94. The van der Waals surface area contributed by atoms with Crippen LogP contribution in [0, 0.1) is 0 Å². The Kier molecular flexibility index (Phi) is 3.55. The van der Waals surface area contributed by atoms with Gasteiger partial charge in [0.1, 0.15) is 6.33 Å². The molecule has 0 aliphatic rings. The molecule has 0 aliphatic carbocycles. The van der Waals surface area contributed by atoms with Gasteiger partial charge in [0.2, 0.25) is 5.88 Å². The summed E-state index contributed by atoms with van der Waals surface area (Å²) in [5.41, 5.74) is -0.797. The molecule has 0 spiro atoms. The molecule has 1 aromatic carbocycles. The molecule has 0 fully saturated rings. The third-order valence-corrected chi connectivity index (χ3v) is 2.73. The minimum absolute atomic E-state index is 0.298. The Hall–Kier alpha value is -1.97. The van der Waals surface area contributed by atoms with Crippen LogP contribution in [0.1, 0.15) is 25.1 Å². The quantitative estimate of drug-likeness (QED) is 0.831. The molecule has 2 rings (SSSR count). The van der Waals surface area contributed by atoms with Gasteiger partial charge in [0.25, 0.3) is 0 Å². The topological polar surface area (TPSA) is 35.0 Å². The molecule has 3 nitrogen and oxygen atoms in total. The molecule has 0 amide bonds. The number of ether oxygens (including phenoxy) is 1. The van der Waals surface area contributed by atoms with Crippen LogP contribution in [-0.2, 0) is 5.67 Å². The SMILES string of the molecule is CCOc1cc(C(C)(F)c2ccccc2)ncn1. The van der Waals surface area contributed by atoms with E-state index in [1.165, 1.54) is 19.3 Å². The highest BCUT2D eigenvalue weighted by molar-refractivity contribution is 5.32. The zero-order valence-corrected chi connectivity index (χ0v) is 10.4. The van der Waals surface area contributed by atoms with Crippen molar-refractivity contribution < 1.29 is 9.13 Å². The van der Waals surface area contributed by atoms with Crippen LogP contribution < -0.4 is 4.74 Å². The Bertz CT molecular complexity index is 514. The summed E-state index contributed by atoms with van der Waals surface area (Å²) in [5, 5.41) is 0. The van der Waals surface area contributed by atoms with Crippen LogP contribution in [0.4, 0.5) is 4.39 Å². The van der Waals surface area contributed by atoms with Crippen molar-refractivity contribution in [2.45, 2.75) is 19.5 Å². The van der Waals surface area contributed by atoms with E-state index in [1.54, 1.807) is 24.3 Å². The Morgan fingerprint density at radius 3 is 2.61 bits per heavy atom. The van der Waals surface area contributed by atoms with Gasteiger partial charge in [-0.3, -0.25) is 0 Å². The second-order valence-corrected chi connectivity index (χ2v) is 4.04. The fourth-order valence-electron chi connectivity index (χ4n) is 1.72. The van der Waals surface area contributed by atoms with Crippen molar-refractivity contribution in [1.29, 1.82) is 0 Å². The highest BCUT2D eigenvalue weighted by Crippen LogP contribution is 2.32. The normalized spacial score (nSPS) is 13.9. The first-order chi connectivity index (χ1) is 8.64. The minimum atomic E-state index is -1.66. The largest absolute Gasteiger partial charge is 0.478 e. The van der Waals surface area contributed by atoms with Gasteiger partial charge in [-0.15, -0.1) is 0 Å². The Morgan fingerprint density at radius 2 is 1.94 bits per heavy atom. The predicted molar refractivity (Wildman–Crippen MR) is 67.2 cm³/mol. The molecule has 2 aromatic rings. The van der Waals surface area contributed by atoms with Crippen molar-refractivity contribution in [1.82, 2.24) is 9.97 Å². The van der Waals surface area contributed by atoms with E-state index in [9.17, 15) is 4.39 Å². The Balaban J connectivity index is 2.38. The summed E-state index contributed by atoms with van der Waals surface area (Å²) in [5.74, 6) is 0.391. The van der Waals surface area contributed by atoms with Gasteiger partial charge in [0.05, 0.1) is 12.3 Å². The van der Waals surface area contributed by atoms with Crippen LogP contribution in [-0.4, -0.2) is 16.6 Å². The number of benzene rings is 1. The number of rotatable bonds is 4. The summed E-state index contributed by atoms with van der Waals surface area (Å²) in [6.07, 6.45) is 1.32. The highest BCUT2D eigenvalue weighted by Gasteiger charge is 2.30. The van der Waals surface area contributed by atoms with Crippen LogP contribution in [0.2, 0.25) is 0 Å². The monoisotopic (exact) mass is 246 g/mol. The average Bonchev–Trinajstić information content (AvgIpc) is 2.40. The molecule has 1 aromatic heterocycles. The van der Waals surface area contributed by atoms with Gasteiger partial charge in [0.15, 0.2) is 5.67 Å². The zero-order valence-electron chi connectivity index (χ0n) is 10.4. The van der Waals surface area contributed by atoms with Crippen molar-refractivity contribution in [3.63, 3.8) is 0 Å². The van der Waals surface area contributed by atoms with Crippen molar-refractivity contribution in [2.24, 2.45) is 0 Å². The lowest BCUT2D eigenvalue weighted by Gasteiger charge is -2.20. The molecular formula is C14H15FN2O.